The van der Waals surface area contributed by atoms with E-state index < -0.39 is 0 Å². The van der Waals surface area contributed by atoms with Gasteiger partial charge in [0.05, 0.1) is 29.9 Å². The van der Waals surface area contributed by atoms with E-state index in [-0.39, 0.29) is 23.9 Å². The number of hydrogen-bond acceptors (Lipinski definition) is 7. The average molecular weight is 589 g/mol. The number of hydrogen-bond donors (Lipinski definition) is 0. The minimum atomic E-state index is -0.349. The maximum Gasteiger partial charge on any atom is 0.341 e. The van der Waals surface area contributed by atoms with Crippen molar-refractivity contribution in [3.8, 4) is 22.6 Å². The van der Waals surface area contributed by atoms with Gasteiger partial charge in [0.1, 0.15) is 17.4 Å². The van der Waals surface area contributed by atoms with E-state index in [0.29, 0.717) is 12.2 Å². The Morgan fingerprint density at radius 1 is 1.02 bits per heavy atom. The van der Waals surface area contributed by atoms with Gasteiger partial charge in [-0.2, -0.15) is 5.10 Å². The number of carbonyl (C=O) groups is 1. The predicted molar refractivity (Wildman–Crippen MR) is 167 cm³/mol. The third-order valence-electron chi connectivity index (χ3n) is 8.41. The zero-order chi connectivity index (χ0) is 30.2. The Morgan fingerprint density at radius 3 is 2.66 bits per heavy atom. The number of esters is 1. The molecule has 0 amide bonds. The fraction of sp³-hybridized carbons (Fsp3) is 0.314. The molecule has 0 saturated heterocycles. The molecule has 3 aromatic carbocycles. The SMILES string of the molecule is CCOC(=O)c1cnn(-c2cccc(-c3cccc(CN4Cc5ccccc5O[C@H](C)C4)c3)c2)c1[C@@H]1C[C@H]1c1cn(C)nn1. The maximum absolute atomic E-state index is 13.0. The molecule has 9 heteroatoms. The van der Waals surface area contributed by atoms with Crippen molar-refractivity contribution in [3.05, 3.63) is 113 Å². The second-order valence-electron chi connectivity index (χ2n) is 11.8. The zero-order valence-electron chi connectivity index (χ0n) is 25.3. The highest BCUT2D eigenvalue weighted by molar-refractivity contribution is 5.91. The molecule has 1 saturated carbocycles. The number of aromatic nitrogens is 5. The highest BCUT2D eigenvalue weighted by atomic mass is 16.5. The van der Waals surface area contributed by atoms with Crippen molar-refractivity contribution in [2.24, 2.45) is 7.05 Å². The van der Waals surface area contributed by atoms with Crippen molar-refractivity contribution in [1.82, 2.24) is 29.7 Å². The van der Waals surface area contributed by atoms with Crippen LogP contribution in [0.15, 0.2) is 85.2 Å². The van der Waals surface area contributed by atoms with E-state index in [4.69, 9.17) is 14.6 Å². The van der Waals surface area contributed by atoms with Gasteiger partial charge in [0.2, 0.25) is 0 Å². The number of para-hydroxylation sites is 1. The van der Waals surface area contributed by atoms with Gasteiger partial charge in [-0.25, -0.2) is 9.48 Å². The number of fused-ring (bicyclic) bond motifs is 1. The molecular weight excluding hydrogens is 552 g/mol. The lowest BCUT2D eigenvalue weighted by Crippen LogP contribution is -2.30. The number of carbonyl (C=O) groups excluding carboxylic acids is 1. The summed E-state index contributed by atoms with van der Waals surface area (Å²) in [6.07, 6.45) is 4.57. The summed E-state index contributed by atoms with van der Waals surface area (Å²) in [4.78, 5) is 15.4. The number of ether oxygens (including phenoxy) is 2. The van der Waals surface area contributed by atoms with Gasteiger partial charge in [0.25, 0.3) is 0 Å². The fourth-order valence-corrected chi connectivity index (χ4v) is 6.36. The van der Waals surface area contributed by atoms with Crippen LogP contribution in [0.2, 0.25) is 0 Å². The molecule has 2 aliphatic rings. The summed E-state index contributed by atoms with van der Waals surface area (Å²) in [5, 5.41) is 13.1. The van der Waals surface area contributed by atoms with Gasteiger partial charge in [-0.05, 0) is 61.2 Å². The Balaban J connectivity index is 1.17. The normalized spacial score (nSPS) is 19.6. The van der Waals surface area contributed by atoms with E-state index in [1.165, 1.54) is 11.1 Å². The van der Waals surface area contributed by atoms with Crippen molar-refractivity contribution >= 4 is 5.97 Å². The maximum atomic E-state index is 13.0. The van der Waals surface area contributed by atoms with Crippen LogP contribution in [0.5, 0.6) is 5.75 Å². The molecule has 7 rings (SSSR count). The Kier molecular flexibility index (Phi) is 7.47. The first kappa shape index (κ1) is 28.0. The van der Waals surface area contributed by atoms with Gasteiger partial charge in [0.15, 0.2) is 0 Å². The second kappa shape index (κ2) is 11.7. The van der Waals surface area contributed by atoms with Crippen LogP contribution < -0.4 is 4.74 Å². The number of aryl methyl sites for hydroxylation is 1. The molecule has 3 atom stereocenters. The lowest BCUT2D eigenvalue weighted by molar-refractivity contribution is 0.0525. The summed E-state index contributed by atoms with van der Waals surface area (Å²) >= 11 is 0. The lowest BCUT2D eigenvalue weighted by Gasteiger charge is -2.22. The first-order chi connectivity index (χ1) is 21.5. The van der Waals surface area contributed by atoms with Crippen LogP contribution in [-0.2, 0) is 24.9 Å². The molecule has 224 valence electrons. The average Bonchev–Trinajstić information content (AvgIpc) is 3.53. The summed E-state index contributed by atoms with van der Waals surface area (Å²) in [6, 6.07) is 25.4. The van der Waals surface area contributed by atoms with Crippen LogP contribution in [0.4, 0.5) is 0 Å². The quantitative estimate of drug-likeness (QED) is 0.209. The molecule has 5 aromatic rings. The van der Waals surface area contributed by atoms with E-state index in [0.717, 1.165) is 60.0 Å². The van der Waals surface area contributed by atoms with Gasteiger partial charge in [-0.15, -0.1) is 5.10 Å². The molecule has 0 N–H and O–H groups in total. The Labute approximate surface area is 257 Å². The molecule has 44 heavy (non-hydrogen) atoms. The van der Waals surface area contributed by atoms with E-state index in [1.54, 1.807) is 10.9 Å². The number of benzene rings is 3. The lowest BCUT2D eigenvalue weighted by atomic mass is 10.0. The summed E-state index contributed by atoms with van der Waals surface area (Å²) < 4.78 is 15.2. The monoisotopic (exact) mass is 588 g/mol. The van der Waals surface area contributed by atoms with Crippen LogP contribution in [0.1, 0.15) is 65.0 Å². The van der Waals surface area contributed by atoms with Gasteiger partial charge >= 0.3 is 5.97 Å². The number of nitrogens with zero attached hydrogens (tertiary/aromatic N) is 6. The largest absolute Gasteiger partial charge is 0.489 e. The van der Waals surface area contributed by atoms with Crippen LogP contribution >= 0.6 is 0 Å². The van der Waals surface area contributed by atoms with E-state index in [9.17, 15) is 4.79 Å². The molecule has 9 nitrogen and oxygen atoms in total. The van der Waals surface area contributed by atoms with Crippen molar-refractivity contribution in [1.29, 1.82) is 0 Å². The summed E-state index contributed by atoms with van der Waals surface area (Å²) in [5.41, 5.74) is 7.88. The highest BCUT2D eigenvalue weighted by Crippen LogP contribution is 2.55. The van der Waals surface area contributed by atoms with Crippen LogP contribution in [0.3, 0.4) is 0 Å². The first-order valence-electron chi connectivity index (χ1n) is 15.2. The third kappa shape index (κ3) is 5.63. The van der Waals surface area contributed by atoms with Crippen LogP contribution in [0.25, 0.3) is 16.8 Å². The van der Waals surface area contributed by atoms with E-state index >= 15 is 0 Å². The molecule has 1 aliphatic carbocycles. The molecule has 0 bridgehead atoms. The van der Waals surface area contributed by atoms with Crippen LogP contribution in [-0.4, -0.2) is 54.9 Å². The minimum Gasteiger partial charge on any atom is -0.489 e. The molecule has 3 heterocycles. The van der Waals surface area contributed by atoms with E-state index in [1.807, 2.05) is 43.0 Å². The second-order valence-corrected chi connectivity index (χ2v) is 11.8. The van der Waals surface area contributed by atoms with Gasteiger partial charge in [-0.3, -0.25) is 9.58 Å². The molecular formula is C35H36N6O3. The standard InChI is InChI=1S/C35H36N6O3/c1-4-43-35(42)31-18-36-41(34(31)30-17-29(30)32-22-39(3)38-37-32)28-13-8-12-26(16-28)25-11-7-9-24(15-25)20-40-19-23(2)44-33-14-6-5-10-27(33)21-40/h5-16,18,22-23,29-30H,4,17,19-21H2,1-3H3/t23-,29-,30-/m1/s1. The number of rotatable bonds is 8. The van der Waals surface area contributed by atoms with Gasteiger partial charge in [-0.1, -0.05) is 53.7 Å². The Hall–Kier alpha value is -4.76. The molecule has 2 aromatic heterocycles. The van der Waals surface area contributed by atoms with E-state index in [2.05, 4.69) is 76.7 Å². The zero-order valence-corrected chi connectivity index (χ0v) is 25.3. The Bertz CT molecular complexity index is 1810. The first-order valence-corrected chi connectivity index (χ1v) is 15.2. The van der Waals surface area contributed by atoms with Crippen molar-refractivity contribution < 1.29 is 14.3 Å². The highest BCUT2D eigenvalue weighted by Gasteiger charge is 2.46. The molecule has 1 fully saturated rings. The summed E-state index contributed by atoms with van der Waals surface area (Å²) in [5.74, 6) is 0.918. The molecule has 1 aliphatic heterocycles. The molecule has 0 radical (unpaired) electrons. The Morgan fingerprint density at radius 2 is 1.84 bits per heavy atom. The van der Waals surface area contributed by atoms with Crippen molar-refractivity contribution in [2.45, 2.75) is 51.3 Å². The minimum absolute atomic E-state index is 0.103. The summed E-state index contributed by atoms with van der Waals surface area (Å²) in [7, 11) is 1.87. The molecule has 0 spiro atoms. The predicted octanol–water partition coefficient (Wildman–Crippen LogP) is 5.90. The van der Waals surface area contributed by atoms with Crippen molar-refractivity contribution in [3.63, 3.8) is 0 Å². The van der Waals surface area contributed by atoms with Crippen LogP contribution in [0, 0.1) is 0 Å². The van der Waals surface area contributed by atoms with Crippen molar-refractivity contribution in [2.75, 3.05) is 13.2 Å². The molecule has 0 unspecified atom stereocenters. The fourth-order valence-electron chi connectivity index (χ4n) is 6.36. The third-order valence-corrected chi connectivity index (χ3v) is 8.41. The van der Waals surface area contributed by atoms with Gasteiger partial charge in [0, 0.05) is 50.3 Å². The topological polar surface area (TPSA) is 87.3 Å². The summed E-state index contributed by atoms with van der Waals surface area (Å²) in [6.45, 7) is 6.79. The smallest absolute Gasteiger partial charge is 0.341 e. The van der Waals surface area contributed by atoms with Gasteiger partial charge < -0.3 is 9.47 Å².